The number of furan rings is 1. The van der Waals surface area contributed by atoms with Crippen LogP contribution in [-0.4, -0.2) is 18.6 Å². The van der Waals surface area contributed by atoms with Gasteiger partial charge in [-0.25, -0.2) is 0 Å². The van der Waals surface area contributed by atoms with Crippen molar-refractivity contribution in [1.82, 2.24) is 5.32 Å². The van der Waals surface area contributed by atoms with E-state index in [0.29, 0.717) is 10.8 Å². The Kier molecular flexibility index (Phi) is 5.07. The normalized spacial score (nSPS) is 11.9. The lowest BCUT2D eigenvalue weighted by Gasteiger charge is -2.13. The van der Waals surface area contributed by atoms with E-state index in [9.17, 15) is 4.79 Å². The van der Waals surface area contributed by atoms with Crippen molar-refractivity contribution in [3.05, 3.63) is 53.4 Å². The smallest absolute Gasteiger partial charge is 0.258 e. The van der Waals surface area contributed by atoms with E-state index in [-0.39, 0.29) is 18.6 Å². The molecule has 1 amide bonds. The van der Waals surface area contributed by atoms with E-state index in [2.05, 4.69) is 5.32 Å². The van der Waals surface area contributed by atoms with Crippen molar-refractivity contribution in [1.29, 1.82) is 0 Å². The van der Waals surface area contributed by atoms with E-state index in [1.54, 1.807) is 36.8 Å². The maximum atomic E-state index is 11.7. The summed E-state index contributed by atoms with van der Waals surface area (Å²) in [7, 11) is 0. The van der Waals surface area contributed by atoms with Gasteiger partial charge in [0.05, 0.1) is 12.5 Å². The molecule has 0 saturated carbocycles. The molecule has 2 rings (SSSR count). The van der Waals surface area contributed by atoms with Gasteiger partial charge in [0.2, 0.25) is 0 Å². The third kappa shape index (κ3) is 4.63. The molecule has 106 valence electrons. The van der Waals surface area contributed by atoms with Crippen LogP contribution in [0.4, 0.5) is 0 Å². The van der Waals surface area contributed by atoms with Crippen LogP contribution in [0.1, 0.15) is 12.5 Å². The molecule has 1 aromatic heterocycles. The first-order valence-corrected chi connectivity index (χ1v) is 6.70. The monoisotopic (exact) mass is 293 g/mol. The lowest BCUT2D eigenvalue weighted by atomic mass is 10.1. The molecule has 1 N–H and O–H groups in total. The molecule has 0 saturated heterocycles. The van der Waals surface area contributed by atoms with Gasteiger partial charge in [-0.2, -0.15) is 0 Å². The van der Waals surface area contributed by atoms with Crippen molar-refractivity contribution in [3.8, 4) is 5.75 Å². The minimum atomic E-state index is -0.157. The topological polar surface area (TPSA) is 51.5 Å². The fraction of sp³-hybridized carbons (Fsp3) is 0.267. The molecule has 1 aromatic carbocycles. The molecule has 1 atom stereocenters. The molecule has 0 bridgehead atoms. The summed E-state index contributed by atoms with van der Waals surface area (Å²) >= 11 is 5.77. The second-order valence-electron chi connectivity index (χ2n) is 4.55. The molecule has 0 aliphatic rings. The zero-order valence-electron chi connectivity index (χ0n) is 11.1. The van der Waals surface area contributed by atoms with Gasteiger partial charge in [-0.1, -0.05) is 11.6 Å². The van der Waals surface area contributed by atoms with Gasteiger partial charge in [-0.3, -0.25) is 4.79 Å². The van der Waals surface area contributed by atoms with Gasteiger partial charge in [0.15, 0.2) is 6.61 Å². The zero-order chi connectivity index (χ0) is 14.4. The summed E-state index contributed by atoms with van der Waals surface area (Å²) in [5.41, 5.74) is 1.05. The number of hydrogen-bond donors (Lipinski definition) is 1. The first-order valence-electron chi connectivity index (χ1n) is 6.32. The van der Waals surface area contributed by atoms with Crippen molar-refractivity contribution in [2.75, 3.05) is 6.61 Å². The Morgan fingerprint density at radius 3 is 2.75 bits per heavy atom. The SMILES string of the molecule is CC(Cc1ccoc1)NC(=O)COc1ccc(Cl)cc1. The number of halogens is 1. The van der Waals surface area contributed by atoms with Gasteiger partial charge in [0.25, 0.3) is 5.91 Å². The highest BCUT2D eigenvalue weighted by molar-refractivity contribution is 6.30. The van der Waals surface area contributed by atoms with Crippen molar-refractivity contribution >= 4 is 17.5 Å². The Bertz CT molecular complexity index is 537. The molecule has 0 radical (unpaired) electrons. The fourth-order valence-corrected chi connectivity index (χ4v) is 1.94. The average molecular weight is 294 g/mol. The quantitative estimate of drug-likeness (QED) is 0.890. The first-order chi connectivity index (χ1) is 9.63. The fourth-order valence-electron chi connectivity index (χ4n) is 1.81. The van der Waals surface area contributed by atoms with Crippen molar-refractivity contribution in [3.63, 3.8) is 0 Å². The molecule has 0 fully saturated rings. The Hall–Kier alpha value is -1.94. The van der Waals surface area contributed by atoms with Crippen LogP contribution in [0.3, 0.4) is 0 Å². The maximum Gasteiger partial charge on any atom is 0.258 e. The van der Waals surface area contributed by atoms with E-state index in [1.165, 1.54) is 0 Å². The van der Waals surface area contributed by atoms with Crippen LogP contribution in [0.25, 0.3) is 0 Å². The minimum Gasteiger partial charge on any atom is -0.484 e. The molecular formula is C15H16ClNO3. The number of benzene rings is 1. The predicted octanol–water partition coefficient (Wildman–Crippen LogP) is 3.06. The molecule has 4 nitrogen and oxygen atoms in total. The van der Waals surface area contributed by atoms with Gasteiger partial charge in [-0.05, 0) is 49.2 Å². The van der Waals surface area contributed by atoms with E-state index in [1.807, 2.05) is 13.0 Å². The predicted molar refractivity (Wildman–Crippen MR) is 77.0 cm³/mol. The number of hydrogen-bond acceptors (Lipinski definition) is 3. The van der Waals surface area contributed by atoms with E-state index in [4.69, 9.17) is 20.8 Å². The zero-order valence-corrected chi connectivity index (χ0v) is 11.9. The second-order valence-corrected chi connectivity index (χ2v) is 4.98. The molecule has 20 heavy (non-hydrogen) atoms. The number of nitrogens with one attached hydrogen (secondary N) is 1. The average Bonchev–Trinajstić information content (AvgIpc) is 2.90. The van der Waals surface area contributed by atoms with Crippen LogP contribution in [0.5, 0.6) is 5.75 Å². The standard InChI is InChI=1S/C15H16ClNO3/c1-11(8-12-6-7-19-9-12)17-15(18)10-20-14-4-2-13(16)3-5-14/h2-7,9,11H,8,10H2,1H3,(H,17,18). The summed E-state index contributed by atoms with van der Waals surface area (Å²) in [5, 5.41) is 3.50. The van der Waals surface area contributed by atoms with Crippen LogP contribution < -0.4 is 10.1 Å². The Balaban J connectivity index is 1.73. The van der Waals surface area contributed by atoms with Gasteiger partial charge in [0.1, 0.15) is 5.75 Å². The summed E-state index contributed by atoms with van der Waals surface area (Å²) < 4.78 is 10.4. The maximum absolute atomic E-state index is 11.7. The lowest BCUT2D eigenvalue weighted by Crippen LogP contribution is -2.37. The van der Waals surface area contributed by atoms with Crippen molar-refractivity contribution < 1.29 is 13.9 Å². The summed E-state index contributed by atoms with van der Waals surface area (Å²) in [4.78, 5) is 11.7. The molecule has 0 spiro atoms. The summed E-state index contributed by atoms with van der Waals surface area (Å²) in [5.74, 6) is 0.461. The van der Waals surface area contributed by atoms with Crippen LogP contribution in [-0.2, 0) is 11.2 Å². The Labute approximate surface area is 122 Å². The Morgan fingerprint density at radius 2 is 2.10 bits per heavy atom. The number of rotatable bonds is 6. The molecular weight excluding hydrogens is 278 g/mol. The molecule has 5 heteroatoms. The first kappa shape index (κ1) is 14.5. The molecule has 0 aliphatic heterocycles. The van der Waals surface area contributed by atoms with Crippen LogP contribution in [0.2, 0.25) is 5.02 Å². The highest BCUT2D eigenvalue weighted by Gasteiger charge is 2.09. The van der Waals surface area contributed by atoms with Crippen molar-refractivity contribution in [2.45, 2.75) is 19.4 Å². The lowest BCUT2D eigenvalue weighted by molar-refractivity contribution is -0.123. The summed E-state index contributed by atoms with van der Waals surface area (Å²) in [6.07, 6.45) is 4.02. The van der Waals surface area contributed by atoms with Gasteiger partial charge >= 0.3 is 0 Å². The second kappa shape index (κ2) is 7.01. The van der Waals surface area contributed by atoms with E-state index in [0.717, 1.165) is 12.0 Å². The number of carbonyl (C=O) groups is 1. The minimum absolute atomic E-state index is 0.0165. The van der Waals surface area contributed by atoms with Crippen LogP contribution in [0, 0.1) is 0 Å². The Morgan fingerprint density at radius 1 is 1.35 bits per heavy atom. The highest BCUT2D eigenvalue weighted by Crippen LogP contribution is 2.15. The largest absolute Gasteiger partial charge is 0.484 e. The number of amides is 1. The number of carbonyl (C=O) groups excluding carboxylic acids is 1. The van der Waals surface area contributed by atoms with Gasteiger partial charge in [-0.15, -0.1) is 0 Å². The van der Waals surface area contributed by atoms with Crippen LogP contribution in [0.15, 0.2) is 47.3 Å². The summed E-state index contributed by atoms with van der Waals surface area (Å²) in [6.45, 7) is 1.92. The highest BCUT2D eigenvalue weighted by atomic mass is 35.5. The van der Waals surface area contributed by atoms with Gasteiger partial charge < -0.3 is 14.5 Å². The van der Waals surface area contributed by atoms with Gasteiger partial charge in [0, 0.05) is 11.1 Å². The summed E-state index contributed by atoms with van der Waals surface area (Å²) in [6, 6.07) is 8.79. The third-order valence-electron chi connectivity index (χ3n) is 2.71. The molecule has 0 aliphatic carbocycles. The molecule has 1 heterocycles. The van der Waals surface area contributed by atoms with E-state index < -0.39 is 0 Å². The third-order valence-corrected chi connectivity index (χ3v) is 2.96. The molecule has 1 unspecified atom stereocenters. The van der Waals surface area contributed by atoms with Crippen molar-refractivity contribution in [2.24, 2.45) is 0 Å². The number of ether oxygens (including phenoxy) is 1. The van der Waals surface area contributed by atoms with E-state index >= 15 is 0 Å². The van der Waals surface area contributed by atoms with Crippen LogP contribution >= 0.6 is 11.6 Å². The molecule has 2 aromatic rings.